The monoisotopic (exact) mass is 242 g/mol. The molecule has 0 spiro atoms. The van der Waals surface area contributed by atoms with E-state index in [0.717, 1.165) is 0 Å². The molecule has 0 atom stereocenters. The molecule has 0 aromatic heterocycles. The SMILES string of the molecule is N#Cc1cc(F)cc(COc2cccc(N)c2)c1. The quantitative estimate of drug-likeness (QED) is 0.842. The highest BCUT2D eigenvalue weighted by atomic mass is 19.1. The second-order valence-electron chi connectivity index (χ2n) is 3.82. The number of benzene rings is 2. The molecule has 2 aromatic carbocycles. The van der Waals surface area contributed by atoms with Gasteiger partial charge in [0.1, 0.15) is 18.2 Å². The molecule has 0 bridgehead atoms. The lowest BCUT2D eigenvalue weighted by atomic mass is 10.1. The van der Waals surface area contributed by atoms with E-state index in [1.54, 1.807) is 30.3 Å². The van der Waals surface area contributed by atoms with Crippen LogP contribution >= 0.6 is 0 Å². The van der Waals surface area contributed by atoms with Gasteiger partial charge in [-0.15, -0.1) is 0 Å². The normalized spacial score (nSPS) is 9.78. The number of hydrogen-bond donors (Lipinski definition) is 1. The second-order valence-corrected chi connectivity index (χ2v) is 3.82. The largest absolute Gasteiger partial charge is 0.489 e. The third kappa shape index (κ3) is 2.98. The number of nitriles is 1. The van der Waals surface area contributed by atoms with E-state index >= 15 is 0 Å². The van der Waals surface area contributed by atoms with E-state index < -0.39 is 5.82 Å². The Morgan fingerprint density at radius 3 is 2.78 bits per heavy atom. The molecule has 2 rings (SSSR count). The van der Waals surface area contributed by atoms with Gasteiger partial charge in [-0.05, 0) is 35.9 Å². The maximum atomic E-state index is 13.2. The highest BCUT2D eigenvalue weighted by Crippen LogP contribution is 2.17. The average Bonchev–Trinajstić information content (AvgIpc) is 2.36. The Morgan fingerprint density at radius 1 is 1.22 bits per heavy atom. The van der Waals surface area contributed by atoms with Gasteiger partial charge in [-0.1, -0.05) is 6.07 Å². The zero-order valence-electron chi connectivity index (χ0n) is 9.56. The van der Waals surface area contributed by atoms with Crippen molar-refractivity contribution in [1.29, 1.82) is 5.26 Å². The van der Waals surface area contributed by atoms with Gasteiger partial charge < -0.3 is 10.5 Å². The number of anilines is 1. The molecule has 0 saturated carbocycles. The molecule has 18 heavy (non-hydrogen) atoms. The number of nitrogens with two attached hydrogens (primary N) is 1. The van der Waals surface area contributed by atoms with Gasteiger partial charge in [-0.25, -0.2) is 4.39 Å². The van der Waals surface area contributed by atoms with E-state index in [1.807, 2.05) is 6.07 Å². The van der Waals surface area contributed by atoms with Crippen molar-refractivity contribution in [3.63, 3.8) is 0 Å². The van der Waals surface area contributed by atoms with E-state index in [9.17, 15) is 4.39 Å². The summed E-state index contributed by atoms with van der Waals surface area (Å²) in [5.41, 5.74) is 7.10. The third-order valence-corrected chi connectivity index (χ3v) is 2.35. The van der Waals surface area contributed by atoms with Crippen LogP contribution < -0.4 is 10.5 Å². The minimum Gasteiger partial charge on any atom is -0.489 e. The summed E-state index contributed by atoms with van der Waals surface area (Å²) in [6.45, 7) is 0.190. The van der Waals surface area contributed by atoms with Gasteiger partial charge >= 0.3 is 0 Å². The summed E-state index contributed by atoms with van der Waals surface area (Å²) in [7, 11) is 0. The molecular weight excluding hydrogens is 231 g/mol. The summed E-state index contributed by atoms with van der Waals surface area (Å²) in [6.07, 6.45) is 0. The summed E-state index contributed by atoms with van der Waals surface area (Å²) < 4.78 is 18.6. The van der Waals surface area contributed by atoms with Crippen molar-refractivity contribution in [2.75, 3.05) is 5.73 Å². The number of nitrogens with zero attached hydrogens (tertiary/aromatic N) is 1. The lowest BCUT2D eigenvalue weighted by molar-refractivity contribution is 0.305. The van der Waals surface area contributed by atoms with Crippen molar-refractivity contribution >= 4 is 5.69 Å². The van der Waals surface area contributed by atoms with Crippen LogP contribution in [0.2, 0.25) is 0 Å². The maximum Gasteiger partial charge on any atom is 0.124 e. The molecule has 0 amide bonds. The Balaban J connectivity index is 2.11. The number of hydrogen-bond acceptors (Lipinski definition) is 3. The van der Waals surface area contributed by atoms with Crippen molar-refractivity contribution in [1.82, 2.24) is 0 Å². The van der Waals surface area contributed by atoms with E-state index in [0.29, 0.717) is 17.0 Å². The molecule has 0 heterocycles. The van der Waals surface area contributed by atoms with Gasteiger partial charge in [-0.2, -0.15) is 5.26 Å². The van der Waals surface area contributed by atoms with Crippen LogP contribution in [0.4, 0.5) is 10.1 Å². The zero-order valence-corrected chi connectivity index (χ0v) is 9.56. The molecule has 0 unspecified atom stereocenters. The first-order valence-corrected chi connectivity index (χ1v) is 5.35. The number of rotatable bonds is 3. The standard InChI is InChI=1S/C14H11FN2O/c15-12-5-10(8-16)4-11(6-12)9-18-14-3-1-2-13(17)7-14/h1-7H,9,17H2. The third-order valence-electron chi connectivity index (χ3n) is 2.35. The fourth-order valence-electron chi connectivity index (χ4n) is 1.57. The Labute approximate surface area is 104 Å². The molecule has 0 radical (unpaired) electrons. The highest BCUT2D eigenvalue weighted by molar-refractivity contribution is 5.43. The lowest BCUT2D eigenvalue weighted by Crippen LogP contribution is -1.97. The molecule has 3 nitrogen and oxygen atoms in total. The zero-order chi connectivity index (χ0) is 13.0. The van der Waals surface area contributed by atoms with Crippen LogP contribution in [0.25, 0.3) is 0 Å². The minimum absolute atomic E-state index is 0.190. The molecule has 0 aliphatic heterocycles. The summed E-state index contributed by atoms with van der Waals surface area (Å²) >= 11 is 0. The van der Waals surface area contributed by atoms with Crippen LogP contribution in [0.1, 0.15) is 11.1 Å². The van der Waals surface area contributed by atoms with Crippen LogP contribution in [-0.4, -0.2) is 0 Å². The molecule has 2 N–H and O–H groups in total. The molecule has 0 fully saturated rings. The first-order valence-electron chi connectivity index (χ1n) is 5.35. The predicted molar refractivity (Wildman–Crippen MR) is 66.3 cm³/mol. The van der Waals surface area contributed by atoms with Gasteiger partial charge in [-0.3, -0.25) is 0 Å². The summed E-state index contributed by atoms with van der Waals surface area (Å²) in [5, 5.41) is 8.73. The fourth-order valence-corrected chi connectivity index (χ4v) is 1.57. The summed E-state index contributed by atoms with van der Waals surface area (Å²) in [4.78, 5) is 0. The van der Waals surface area contributed by atoms with Crippen LogP contribution in [-0.2, 0) is 6.61 Å². The molecule has 90 valence electrons. The second kappa shape index (κ2) is 5.19. The van der Waals surface area contributed by atoms with E-state index in [4.69, 9.17) is 15.7 Å². The minimum atomic E-state index is -0.444. The number of ether oxygens (including phenoxy) is 1. The molecule has 0 saturated heterocycles. The maximum absolute atomic E-state index is 13.2. The Bertz CT molecular complexity index is 605. The van der Waals surface area contributed by atoms with E-state index in [1.165, 1.54) is 12.1 Å². The van der Waals surface area contributed by atoms with Gasteiger partial charge in [0.05, 0.1) is 11.6 Å². The van der Waals surface area contributed by atoms with Crippen molar-refractivity contribution in [3.8, 4) is 11.8 Å². The number of halogens is 1. The summed E-state index contributed by atoms with van der Waals surface area (Å²) in [6, 6.07) is 13.0. The smallest absolute Gasteiger partial charge is 0.124 e. The first-order chi connectivity index (χ1) is 8.67. The van der Waals surface area contributed by atoms with E-state index in [-0.39, 0.29) is 12.2 Å². The van der Waals surface area contributed by atoms with Crippen molar-refractivity contribution in [2.45, 2.75) is 6.61 Å². The van der Waals surface area contributed by atoms with Gasteiger partial charge in [0.2, 0.25) is 0 Å². The Morgan fingerprint density at radius 2 is 2.06 bits per heavy atom. The van der Waals surface area contributed by atoms with Crippen LogP contribution in [0.3, 0.4) is 0 Å². The molecule has 0 aliphatic carbocycles. The fraction of sp³-hybridized carbons (Fsp3) is 0.0714. The molecule has 4 heteroatoms. The highest BCUT2D eigenvalue weighted by Gasteiger charge is 2.02. The average molecular weight is 242 g/mol. The predicted octanol–water partition coefficient (Wildman–Crippen LogP) is 2.86. The van der Waals surface area contributed by atoms with Crippen molar-refractivity contribution < 1.29 is 9.13 Å². The number of nitrogen functional groups attached to an aromatic ring is 1. The van der Waals surface area contributed by atoms with E-state index in [2.05, 4.69) is 0 Å². The lowest BCUT2D eigenvalue weighted by Gasteiger charge is -2.07. The van der Waals surface area contributed by atoms with Crippen molar-refractivity contribution in [3.05, 3.63) is 59.4 Å². The topological polar surface area (TPSA) is 59.0 Å². The molecule has 0 aliphatic rings. The van der Waals surface area contributed by atoms with Gasteiger partial charge in [0.15, 0.2) is 0 Å². The van der Waals surface area contributed by atoms with Crippen LogP contribution in [0.5, 0.6) is 5.75 Å². The molecular formula is C14H11FN2O. The first kappa shape index (κ1) is 11.9. The molecule has 2 aromatic rings. The van der Waals surface area contributed by atoms with Crippen molar-refractivity contribution in [2.24, 2.45) is 0 Å². The summed E-state index contributed by atoms with van der Waals surface area (Å²) in [5.74, 6) is 0.165. The van der Waals surface area contributed by atoms with Crippen LogP contribution in [0.15, 0.2) is 42.5 Å². The van der Waals surface area contributed by atoms with Gasteiger partial charge in [0, 0.05) is 11.8 Å². The van der Waals surface area contributed by atoms with Crippen LogP contribution in [0, 0.1) is 17.1 Å². The van der Waals surface area contributed by atoms with Gasteiger partial charge in [0.25, 0.3) is 0 Å². The Hall–Kier alpha value is -2.54. The Kier molecular flexibility index (Phi) is 3.44.